The number of hydrogen-bond acceptors (Lipinski definition) is 6. The number of likely N-dealkylation sites (N-methyl/N-ethyl adjacent to an activating group) is 1. The van der Waals surface area contributed by atoms with E-state index in [-0.39, 0.29) is 24.5 Å². The molecule has 0 aliphatic carbocycles. The third-order valence-corrected chi connectivity index (χ3v) is 4.78. The highest BCUT2D eigenvalue weighted by Crippen LogP contribution is 2.15. The highest BCUT2D eigenvalue weighted by Gasteiger charge is 2.16. The number of esters is 1. The van der Waals surface area contributed by atoms with Crippen molar-refractivity contribution in [3.8, 4) is 5.75 Å². The molecule has 0 N–H and O–H groups in total. The van der Waals surface area contributed by atoms with Crippen LogP contribution in [0.15, 0.2) is 53.3 Å². The Hall–Kier alpha value is -3.68. The maximum atomic E-state index is 12.3. The Kier molecular flexibility index (Phi) is 7.02. The molecule has 0 fully saturated rings. The molecular weight excluding hydrogens is 398 g/mol. The molecule has 162 valence electrons. The van der Waals surface area contributed by atoms with Crippen LogP contribution in [0.2, 0.25) is 0 Å². The Morgan fingerprint density at radius 1 is 1.06 bits per heavy atom. The van der Waals surface area contributed by atoms with Crippen molar-refractivity contribution >= 4 is 22.6 Å². The lowest BCUT2D eigenvalue weighted by Crippen LogP contribution is -2.31. The lowest BCUT2D eigenvalue weighted by Gasteiger charge is -2.17. The quantitative estimate of drug-likeness (QED) is 0.515. The molecule has 3 aromatic rings. The van der Waals surface area contributed by atoms with E-state index in [9.17, 15) is 14.4 Å². The zero-order valence-corrected chi connectivity index (χ0v) is 17.8. The van der Waals surface area contributed by atoms with Gasteiger partial charge in [-0.2, -0.15) is 5.10 Å². The molecule has 0 atom stereocenters. The number of aryl methyl sites for hydroxylation is 1. The first-order valence-electron chi connectivity index (χ1n) is 9.95. The number of aromatic nitrogens is 2. The number of rotatable bonds is 8. The second kappa shape index (κ2) is 9.88. The van der Waals surface area contributed by atoms with Crippen LogP contribution < -0.4 is 10.3 Å². The monoisotopic (exact) mass is 423 g/mol. The van der Waals surface area contributed by atoms with Crippen LogP contribution in [0, 0.1) is 0 Å². The Morgan fingerprint density at radius 3 is 2.42 bits per heavy atom. The molecule has 1 heterocycles. The first-order valence-corrected chi connectivity index (χ1v) is 9.95. The molecule has 0 aliphatic heterocycles. The van der Waals surface area contributed by atoms with Crippen molar-refractivity contribution in [1.82, 2.24) is 14.7 Å². The summed E-state index contributed by atoms with van der Waals surface area (Å²) in [6, 6.07) is 14.4. The molecule has 0 spiro atoms. The lowest BCUT2D eigenvalue weighted by atomic mass is 10.1. The zero-order chi connectivity index (χ0) is 22.4. The van der Waals surface area contributed by atoms with Gasteiger partial charge in [0, 0.05) is 26.0 Å². The first kappa shape index (κ1) is 22.0. The fourth-order valence-electron chi connectivity index (χ4n) is 3.17. The van der Waals surface area contributed by atoms with Gasteiger partial charge in [0.1, 0.15) is 5.75 Å². The SMILES string of the molecule is CCOc1ccc(CN(C)C(=O)COC(=O)Cc2nn(C)c(=O)c3ccccc23)cc1. The van der Waals surface area contributed by atoms with Gasteiger partial charge in [0.25, 0.3) is 11.5 Å². The molecule has 1 amide bonds. The standard InChI is InChI=1S/C23H25N3O5/c1-4-30-17-11-9-16(10-12-17)14-25(2)21(27)15-31-22(28)13-20-18-7-5-6-8-19(18)23(29)26(3)24-20/h5-12H,4,13-15H2,1-3H3. The molecule has 0 aliphatic rings. The van der Waals surface area contributed by atoms with Crippen LogP contribution in [0.1, 0.15) is 18.2 Å². The fourth-order valence-corrected chi connectivity index (χ4v) is 3.17. The number of carbonyl (C=O) groups is 2. The normalized spacial score (nSPS) is 10.7. The number of hydrogen-bond donors (Lipinski definition) is 0. The minimum Gasteiger partial charge on any atom is -0.494 e. The van der Waals surface area contributed by atoms with Gasteiger partial charge >= 0.3 is 5.97 Å². The maximum absolute atomic E-state index is 12.3. The van der Waals surface area contributed by atoms with Crippen LogP contribution in [0.3, 0.4) is 0 Å². The van der Waals surface area contributed by atoms with E-state index in [1.54, 1.807) is 31.3 Å². The van der Waals surface area contributed by atoms with Crippen molar-refractivity contribution in [3.63, 3.8) is 0 Å². The van der Waals surface area contributed by atoms with Crippen molar-refractivity contribution in [2.45, 2.75) is 19.9 Å². The van der Waals surface area contributed by atoms with Gasteiger partial charge in [-0.1, -0.05) is 30.3 Å². The second-order valence-electron chi connectivity index (χ2n) is 7.09. The molecule has 0 saturated carbocycles. The average Bonchev–Trinajstić information content (AvgIpc) is 2.77. The molecule has 3 rings (SSSR count). The molecule has 1 aromatic heterocycles. The summed E-state index contributed by atoms with van der Waals surface area (Å²) in [6.07, 6.45) is -0.134. The molecule has 0 bridgehead atoms. The van der Waals surface area contributed by atoms with E-state index in [0.29, 0.717) is 29.6 Å². The maximum Gasteiger partial charge on any atom is 0.312 e. The number of amides is 1. The van der Waals surface area contributed by atoms with Crippen LogP contribution in [0.4, 0.5) is 0 Å². The van der Waals surface area contributed by atoms with Crippen molar-refractivity contribution in [3.05, 3.63) is 70.1 Å². The number of fused-ring (bicyclic) bond motifs is 1. The molecular formula is C23H25N3O5. The Bertz CT molecular complexity index is 1140. The average molecular weight is 423 g/mol. The summed E-state index contributed by atoms with van der Waals surface area (Å²) in [6.45, 7) is 2.53. The van der Waals surface area contributed by atoms with Crippen LogP contribution >= 0.6 is 0 Å². The smallest absolute Gasteiger partial charge is 0.312 e. The van der Waals surface area contributed by atoms with Gasteiger partial charge in [0.05, 0.1) is 24.1 Å². The minimum atomic E-state index is -0.584. The van der Waals surface area contributed by atoms with Crippen LogP contribution in [0.5, 0.6) is 5.75 Å². The topological polar surface area (TPSA) is 90.7 Å². The highest BCUT2D eigenvalue weighted by molar-refractivity contribution is 5.87. The Balaban J connectivity index is 1.57. The van der Waals surface area contributed by atoms with Gasteiger partial charge < -0.3 is 14.4 Å². The van der Waals surface area contributed by atoms with Gasteiger partial charge in [-0.15, -0.1) is 0 Å². The molecule has 8 nitrogen and oxygen atoms in total. The van der Waals surface area contributed by atoms with Gasteiger partial charge in [-0.25, -0.2) is 4.68 Å². The largest absolute Gasteiger partial charge is 0.494 e. The summed E-state index contributed by atoms with van der Waals surface area (Å²) in [7, 11) is 3.18. The fraction of sp³-hybridized carbons (Fsp3) is 0.304. The first-order chi connectivity index (χ1) is 14.9. The van der Waals surface area contributed by atoms with E-state index in [4.69, 9.17) is 9.47 Å². The second-order valence-corrected chi connectivity index (χ2v) is 7.09. The van der Waals surface area contributed by atoms with Crippen molar-refractivity contribution in [1.29, 1.82) is 0 Å². The van der Waals surface area contributed by atoms with Crippen molar-refractivity contribution in [2.24, 2.45) is 7.05 Å². The molecule has 2 aromatic carbocycles. The highest BCUT2D eigenvalue weighted by atomic mass is 16.5. The summed E-state index contributed by atoms with van der Waals surface area (Å²) < 4.78 is 11.8. The van der Waals surface area contributed by atoms with Gasteiger partial charge in [-0.3, -0.25) is 14.4 Å². The number of ether oxygens (including phenoxy) is 2. The van der Waals surface area contributed by atoms with Crippen molar-refractivity contribution in [2.75, 3.05) is 20.3 Å². The summed E-state index contributed by atoms with van der Waals surface area (Å²) >= 11 is 0. The third-order valence-electron chi connectivity index (χ3n) is 4.78. The predicted octanol–water partition coefficient (Wildman–Crippen LogP) is 2.08. The Labute approximate surface area is 180 Å². The summed E-state index contributed by atoms with van der Waals surface area (Å²) in [5.74, 6) is -0.131. The minimum absolute atomic E-state index is 0.134. The summed E-state index contributed by atoms with van der Waals surface area (Å²) in [4.78, 5) is 38.3. The van der Waals surface area contributed by atoms with Crippen LogP contribution in [-0.2, 0) is 34.3 Å². The van der Waals surface area contributed by atoms with E-state index >= 15 is 0 Å². The van der Waals surface area contributed by atoms with E-state index < -0.39 is 5.97 Å². The summed E-state index contributed by atoms with van der Waals surface area (Å²) in [5.41, 5.74) is 1.13. The predicted molar refractivity (Wildman–Crippen MR) is 116 cm³/mol. The zero-order valence-electron chi connectivity index (χ0n) is 17.8. The lowest BCUT2D eigenvalue weighted by molar-refractivity contribution is -0.151. The number of benzene rings is 2. The molecule has 0 radical (unpaired) electrons. The molecule has 0 saturated heterocycles. The van der Waals surface area contributed by atoms with Crippen LogP contribution in [-0.4, -0.2) is 46.8 Å². The van der Waals surface area contributed by atoms with Gasteiger partial charge in [0.2, 0.25) is 0 Å². The Morgan fingerprint density at radius 2 is 1.74 bits per heavy atom. The van der Waals surface area contributed by atoms with E-state index in [1.165, 1.54) is 16.6 Å². The number of nitrogens with zero attached hydrogens (tertiary/aromatic N) is 3. The molecule has 0 unspecified atom stereocenters. The number of carbonyl (C=O) groups excluding carboxylic acids is 2. The summed E-state index contributed by atoms with van der Waals surface area (Å²) in [5, 5.41) is 5.26. The third kappa shape index (κ3) is 5.48. The van der Waals surface area contributed by atoms with E-state index in [1.807, 2.05) is 31.2 Å². The van der Waals surface area contributed by atoms with Crippen LogP contribution in [0.25, 0.3) is 10.8 Å². The van der Waals surface area contributed by atoms with Gasteiger partial charge in [-0.05, 0) is 30.7 Å². The van der Waals surface area contributed by atoms with Gasteiger partial charge in [0.15, 0.2) is 6.61 Å². The molecule has 31 heavy (non-hydrogen) atoms. The van der Waals surface area contributed by atoms with E-state index in [0.717, 1.165) is 11.3 Å². The molecule has 8 heteroatoms. The van der Waals surface area contributed by atoms with Crippen molar-refractivity contribution < 1.29 is 19.1 Å². The van der Waals surface area contributed by atoms with E-state index in [2.05, 4.69) is 5.10 Å².